The fourth-order valence-corrected chi connectivity index (χ4v) is 2.79. The molecule has 25 heavy (non-hydrogen) atoms. The van der Waals surface area contributed by atoms with E-state index in [1.165, 1.54) is 19.4 Å². The molecule has 0 aromatic carbocycles. The predicted octanol–water partition coefficient (Wildman–Crippen LogP) is 0.275. The summed E-state index contributed by atoms with van der Waals surface area (Å²) in [5.74, 6) is -0.578. The number of pyridine rings is 1. The Labute approximate surface area is 144 Å². The molecule has 1 aliphatic heterocycles. The lowest BCUT2D eigenvalue weighted by Crippen LogP contribution is -2.46. The van der Waals surface area contributed by atoms with Gasteiger partial charge in [-0.2, -0.15) is 4.39 Å². The molecule has 3 rings (SSSR count). The fraction of sp³-hybridized carbons (Fsp3) is 0.375. The predicted molar refractivity (Wildman–Crippen MR) is 91.5 cm³/mol. The van der Waals surface area contributed by atoms with Crippen molar-refractivity contribution in [3.8, 4) is 0 Å². The van der Waals surface area contributed by atoms with E-state index in [0.717, 1.165) is 18.8 Å². The molecule has 0 bridgehead atoms. The van der Waals surface area contributed by atoms with Gasteiger partial charge in [0.1, 0.15) is 17.8 Å². The van der Waals surface area contributed by atoms with Crippen LogP contribution >= 0.6 is 0 Å². The normalized spacial score (nSPS) is 15.2. The van der Waals surface area contributed by atoms with Crippen molar-refractivity contribution < 1.29 is 9.18 Å². The molecule has 1 aliphatic rings. The summed E-state index contributed by atoms with van der Waals surface area (Å²) < 4.78 is 14.2. The largest absolute Gasteiger partial charge is 0.384 e. The minimum absolute atomic E-state index is 0.0729. The Morgan fingerprint density at radius 1 is 1.28 bits per heavy atom. The van der Waals surface area contributed by atoms with Crippen molar-refractivity contribution in [3.63, 3.8) is 0 Å². The van der Waals surface area contributed by atoms with Gasteiger partial charge in [0.15, 0.2) is 0 Å². The van der Waals surface area contributed by atoms with E-state index in [2.05, 4.69) is 25.2 Å². The van der Waals surface area contributed by atoms with Crippen molar-refractivity contribution in [1.82, 2.24) is 25.2 Å². The Bertz CT molecular complexity index is 762. The summed E-state index contributed by atoms with van der Waals surface area (Å²) in [6, 6.07) is 4.90. The van der Waals surface area contributed by atoms with Crippen molar-refractivity contribution in [2.75, 3.05) is 43.9 Å². The van der Waals surface area contributed by atoms with Crippen molar-refractivity contribution in [2.24, 2.45) is 0 Å². The van der Waals surface area contributed by atoms with Gasteiger partial charge in [-0.3, -0.25) is 9.69 Å². The molecule has 8 nitrogen and oxygen atoms in total. The molecule has 2 aromatic heterocycles. The highest BCUT2D eigenvalue weighted by atomic mass is 19.1. The molecule has 1 fully saturated rings. The molecular formula is C16H20FN7O. The second-order valence-electron chi connectivity index (χ2n) is 5.78. The molecule has 3 heterocycles. The van der Waals surface area contributed by atoms with Crippen LogP contribution in [-0.4, -0.2) is 59.0 Å². The number of rotatable bonds is 4. The molecule has 0 radical (unpaired) electrons. The summed E-state index contributed by atoms with van der Waals surface area (Å²) >= 11 is 0. The number of carbonyl (C=O) groups is 1. The number of piperazine rings is 1. The van der Waals surface area contributed by atoms with Crippen LogP contribution in [0.3, 0.4) is 0 Å². The van der Waals surface area contributed by atoms with E-state index in [4.69, 9.17) is 5.73 Å². The lowest BCUT2D eigenvalue weighted by atomic mass is 10.2. The van der Waals surface area contributed by atoms with Gasteiger partial charge in [-0.05, 0) is 12.1 Å². The molecule has 9 heteroatoms. The van der Waals surface area contributed by atoms with Crippen molar-refractivity contribution >= 4 is 17.4 Å². The molecule has 0 aliphatic carbocycles. The van der Waals surface area contributed by atoms with Crippen LogP contribution in [0.15, 0.2) is 24.5 Å². The van der Waals surface area contributed by atoms with Crippen LogP contribution in [0, 0.1) is 5.95 Å². The van der Waals surface area contributed by atoms with E-state index in [1.54, 1.807) is 12.1 Å². The van der Waals surface area contributed by atoms with E-state index in [1.807, 2.05) is 4.90 Å². The third-order valence-corrected chi connectivity index (χ3v) is 4.13. The van der Waals surface area contributed by atoms with Crippen molar-refractivity contribution in [1.29, 1.82) is 0 Å². The molecule has 0 saturated carbocycles. The molecule has 3 N–H and O–H groups in total. The van der Waals surface area contributed by atoms with Gasteiger partial charge < -0.3 is 16.0 Å². The summed E-state index contributed by atoms with van der Waals surface area (Å²) in [5, 5.41) is 2.43. The lowest BCUT2D eigenvalue weighted by Gasteiger charge is -2.35. The maximum absolute atomic E-state index is 14.2. The number of halogens is 1. The van der Waals surface area contributed by atoms with Gasteiger partial charge in [-0.1, -0.05) is 0 Å². The smallest absolute Gasteiger partial charge is 0.269 e. The quantitative estimate of drug-likeness (QED) is 0.768. The molecule has 0 spiro atoms. The zero-order chi connectivity index (χ0) is 17.8. The van der Waals surface area contributed by atoms with Gasteiger partial charge in [0.05, 0.1) is 11.4 Å². The van der Waals surface area contributed by atoms with E-state index >= 15 is 0 Å². The number of nitrogens with zero attached hydrogens (tertiary/aromatic N) is 5. The van der Waals surface area contributed by atoms with Crippen molar-refractivity contribution in [2.45, 2.75) is 6.54 Å². The van der Waals surface area contributed by atoms with Crippen LogP contribution in [0.2, 0.25) is 0 Å². The third-order valence-electron chi connectivity index (χ3n) is 4.13. The number of amides is 1. The summed E-state index contributed by atoms with van der Waals surface area (Å²) in [5.41, 5.74) is 7.02. The average Bonchev–Trinajstić information content (AvgIpc) is 2.62. The summed E-state index contributed by atoms with van der Waals surface area (Å²) in [4.78, 5) is 27.5. The first-order valence-corrected chi connectivity index (χ1v) is 7.99. The first-order chi connectivity index (χ1) is 12.1. The Kier molecular flexibility index (Phi) is 5.03. The van der Waals surface area contributed by atoms with E-state index in [0.29, 0.717) is 31.1 Å². The number of hydrogen-bond donors (Lipinski definition) is 2. The van der Waals surface area contributed by atoms with Crippen LogP contribution in [0.5, 0.6) is 0 Å². The fourth-order valence-electron chi connectivity index (χ4n) is 2.79. The number of nitrogen functional groups attached to an aromatic ring is 1. The first kappa shape index (κ1) is 17.0. The molecule has 1 saturated heterocycles. The Morgan fingerprint density at radius 3 is 2.68 bits per heavy atom. The second-order valence-corrected chi connectivity index (χ2v) is 5.78. The number of nitrogens with one attached hydrogen (secondary N) is 1. The molecular weight excluding hydrogens is 325 g/mol. The zero-order valence-electron chi connectivity index (χ0n) is 13.9. The van der Waals surface area contributed by atoms with Gasteiger partial charge in [0, 0.05) is 45.8 Å². The summed E-state index contributed by atoms with van der Waals surface area (Å²) in [6.07, 6.45) is 1.45. The van der Waals surface area contributed by atoms with Gasteiger partial charge in [-0.25, -0.2) is 15.0 Å². The molecule has 2 aromatic rings. The van der Waals surface area contributed by atoms with E-state index < -0.39 is 11.9 Å². The SMILES string of the molecule is CNC(=O)c1ccc(N2CCN(Cc3cc(N)ncn3)CC2)c(F)n1. The maximum atomic E-state index is 14.2. The minimum Gasteiger partial charge on any atom is -0.384 e. The topological polar surface area (TPSA) is 100 Å². The molecule has 132 valence electrons. The summed E-state index contributed by atoms with van der Waals surface area (Å²) in [6.45, 7) is 3.54. The molecule has 0 atom stereocenters. The Hall–Kier alpha value is -2.81. The van der Waals surface area contributed by atoms with Gasteiger partial charge in [0.25, 0.3) is 5.91 Å². The standard InChI is InChI=1S/C16H20FN7O/c1-19-16(25)12-2-3-13(15(17)22-12)24-6-4-23(5-7-24)9-11-8-14(18)21-10-20-11/h2-3,8,10H,4-7,9H2,1H3,(H,19,25)(H2,18,20,21). The highest BCUT2D eigenvalue weighted by Gasteiger charge is 2.21. The monoisotopic (exact) mass is 345 g/mol. The number of carbonyl (C=O) groups excluding carboxylic acids is 1. The van der Waals surface area contributed by atoms with Crippen LogP contribution in [0.1, 0.15) is 16.2 Å². The van der Waals surface area contributed by atoms with Crippen LogP contribution in [0.25, 0.3) is 0 Å². The van der Waals surface area contributed by atoms with Crippen molar-refractivity contribution in [3.05, 3.63) is 41.9 Å². The highest BCUT2D eigenvalue weighted by molar-refractivity contribution is 5.92. The van der Waals surface area contributed by atoms with E-state index in [9.17, 15) is 9.18 Å². The molecule has 1 amide bonds. The minimum atomic E-state index is -0.627. The average molecular weight is 345 g/mol. The maximum Gasteiger partial charge on any atom is 0.269 e. The van der Waals surface area contributed by atoms with Crippen LogP contribution in [-0.2, 0) is 6.54 Å². The summed E-state index contributed by atoms with van der Waals surface area (Å²) in [7, 11) is 1.49. The van der Waals surface area contributed by atoms with Gasteiger partial charge >= 0.3 is 0 Å². The molecule has 0 unspecified atom stereocenters. The Balaban J connectivity index is 1.61. The second kappa shape index (κ2) is 7.39. The van der Waals surface area contributed by atoms with E-state index in [-0.39, 0.29) is 5.69 Å². The first-order valence-electron chi connectivity index (χ1n) is 7.99. The van der Waals surface area contributed by atoms with Crippen LogP contribution < -0.4 is 16.0 Å². The third kappa shape index (κ3) is 4.00. The Morgan fingerprint density at radius 2 is 2.04 bits per heavy atom. The number of anilines is 2. The van der Waals surface area contributed by atoms with Crippen LogP contribution in [0.4, 0.5) is 15.9 Å². The highest BCUT2D eigenvalue weighted by Crippen LogP contribution is 2.20. The zero-order valence-corrected chi connectivity index (χ0v) is 13.9. The lowest BCUT2D eigenvalue weighted by molar-refractivity contribution is 0.0957. The number of hydrogen-bond acceptors (Lipinski definition) is 7. The number of aromatic nitrogens is 3. The van der Waals surface area contributed by atoms with Gasteiger partial charge in [-0.15, -0.1) is 0 Å². The number of nitrogens with two attached hydrogens (primary N) is 1. The van der Waals surface area contributed by atoms with Gasteiger partial charge in [0.2, 0.25) is 5.95 Å².